The lowest BCUT2D eigenvalue weighted by Crippen LogP contribution is -2.14. The van der Waals surface area contributed by atoms with Gasteiger partial charge < -0.3 is 5.32 Å². The minimum Gasteiger partial charge on any atom is -0.322 e. The van der Waals surface area contributed by atoms with Gasteiger partial charge in [-0.1, -0.05) is 17.7 Å². The number of carbonyl (C=O) groups is 1. The van der Waals surface area contributed by atoms with E-state index in [0.29, 0.717) is 21.3 Å². The van der Waals surface area contributed by atoms with Crippen molar-refractivity contribution >= 4 is 27.5 Å². The van der Waals surface area contributed by atoms with Gasteiger partial charge in [0.15, 0.2) is 0 Å². The number of anilines is 1. The third-order valence-electron chi connectivity index (χ3n) is 3.14. The number of benzene rings is 2. The van der Waals surface area contributed by atoms with Gasteiger partial charge in [0.05, 0.1) is 4.47 Å². The molecule has 104 valence electrons. The first-order valence-electron chi connectivity index (χ1n) is 6.22. The molecule has 2 aromatic carbocycles. The number of amides is 1. The van der Waals surface area contributed by atoms with Crippen LogP contribution in [0.15, 0.2) is 34.8 Å². The first-order valence-corrected chi connectivity index (χ1v) is 7.02. The maximum absolute atomic E-state index is 13.4. The van der Waals surface area contributed by atoms with Crippen molar-refractivity contribution in [2.75, 3.05) is 5.32 Å². The molecule has 0 fully saturated rings. The van der Waals surface area contributed by atoms with Crippen LogP contribution in [0.5, 0.6) is 0 Å². The minimum atomic E-state index is -0.341. The van der Waals surface area contributed by atoms with Gasteiger partial charge in [0.1, 0.15) is 5.82 Å². The Morgan fingerprint density at radius 3 is 2.45 bits per heavy atom. The zero-order valence-electron chi connectivity index (χ0n) is 11.6. The van der Waals surface area contributed by atoms with Crippen LogP contribution >= 0.6 is 15.9 Å². The van der Waals surface area contributed by atoms with E-state index in [-0.39, 0.29) is 11.7 Å². The molecule has 1 N–H and O–H groups in total. The Balaban J connectivity index is 2.30. The van der Waals surface area contributed by atoms with Crippen LogP contribution in [0.3, 0.4) is 0 Å². The van der Waals surface area contributed by atoms with E-state index in [1.165, 1.54) is 6.07 Å². The van der Waals surface area contributed by atoms with Crippen LogP contribution in [0.2, 0.25) is 0 Å². The van der Waals surface area contributed by atoms with Gasteiger partial charge in [-0.3, -0.25) is 4.79 Å². The summed E-state index contributed by atoms with van der Waals surface area (Å²) in [4.78, 5) is 12.3. The van der Waals surface area contributed by atoms with E-state index in [2.05, 4.69) is 21.2 Å². The SMILES string of the molecule is Cc1ccc(C(=O)Nc2cc(Br)c(F)cc2C)c(C)c1. The third-order valence-corrected chi connectivity index (χ3v) is 3.75. The zero-order valence-corrected chi connectivity index (χ0v) is 13.1. The molecule has 0 radical (unpaired) electrons. The van der Waals surface area contributed by atoms with E-state index >= 15 is 0 Å². The van der Waals surface area contributed by atoms with E-state index < -0.39 is 0 Å². The maximum atomic E-state index is 13.4. The number of carbonyl (C=O) groups excluding carboxylic acids is 1. The highest BCUT2D eigenvalue weighted by Gasteiger charge is 2.12. The number of aryl methyl sites for hydroxylation is 3. The molecule has 1 amide bonds. The zero-order chi connectivity index (χ0) is 14.9. The van der Waals surface area contributed by atoms with E-state index in [4.69, 9.17) is 0 Å². The highest BCUT2D eigenvalue weighted by Crippen LogP contribution is 2.25. The summed E-state index contributed by atoms with van der Waals surface area (Å²) in [6, 6.07) is 8.62. The summed E-state index contributed by atoms with van der Waals surface area (Å²) in [6.07, 6.45) is 0. The van der Waals surface area contributed by atoms with Crippen LogP contribution in [0.25, 0.3) is 0 Å². The van der Waals surface area contributed by atoms with Gasteiger partial charge in [0.25, 0.3) is 5.91 Å². The molecule has 0 atom stereocenters. The van der Waals surface area contributed by atoms with Crippen molar-refractivity contribution in [3.63, 3.8) is 0 Å². The molecule has 0 bridgehead atoms. The first-order chi connectivity index (χ1) is 9.38. The Morgan fingerprint density at radius 1 is 1.10 bits per heavy atom. The molecular weight excluding hydrogens is 321 g/mol. The Morgan fingerprint density at radius 2 is 1.80 bits per heavy atom. The van der Waals surface area contributed by atoms with E-state index in [1.54, 1.807) is 19.1 Å². The molecule has 0 heterocycles. The molecule has 4 heteroatoms. The second kappa shape index (κ2) is 5.75. The monoisotopic (exact) mass is 335 g/mol. The predicted molar refractivity (Wildman–Crippen MR) is 82.7 cm³/mol. The van der Waals surface area contributed by atoms with Crippen LogP contribution < -0.4 is 5.32 Å². The number of hydrogen-bond acceptors (Lipinski definition) is 1. The summed E-state index contributed by atoms with van der Waals surface area (Å²) in [6.45, 7) is 5.64. The Bertz CT molecular complexity index is 682. The normalized spacial score (nSPS) is 10.4. The van der Waals surface area contributed by atoms with Crippen molar-refractivity contribution in [3.05, 3.63) is 62.9 Å². The van der Waals surface area contributed by atoms with E-state index in [0.717, 1.165) is 11.1 Å². The fourth-order valence-electron chi connectivity index (χ4n) is 2.04. The van der Waals surface area contributed by atoms with Gasteiger partial charge in [-0.25, -0.2) is 4.39 Å². The lowest BCUT2D eigenvalue weighted by Gasteiger charge is -2.11. The quantitative estimate of drug-likeness (QED) is 0.841. The van der Waals surface area contributed by atoms with Crippen LogP contribution in [-0.2, 0) is 0 Å². The predicted octanol–water partition coefficient (Wildman–Crippen LogP) is 4.77. The molecular formula is C16H15BrFNO. The van der Waals surface area contributed by atoms with Gasteiger partial charge in [0, 0.05) is 11.3 Å². The van der Waals surface area contributed by atoms with Crippen molar-refractivity contribution in [2.45, 2.75) is 20.8 Å². The van der Waals surface area contributed by atoms with Gasteiger partial charge in [-0.05, 0) is 66.0 Å². The second-order valence-corrected chi connectivity index (χ2v) is 5.71. The van der Waals surface area contributed by atoms with Crippen molar-refractivity contribution in [1.29, 1.82) is 0 Å². The Hall–Kier alpha value is -1.68. The van der Waals surface area contributed by atoms with Crippen molar-refractivity contribution < 1.29 is 9.18 Å². The highest BCUT2D eigenvalue weighted by atomic mass is 79.9. The van der Waals surface area contributed by atoms with Crippen molar-refractivity contribution in [1.82, 2.24) is 0 Å². The molecule has 0 saturated carbocycles. The number of rotatable bonds is 2. The largest absolute Gasteiger partial charge is 0.322 e. The van der Waals surface area contributed by atoms with Gasteiger partial charge >= 0.3 is 0 Å². The van der Waals surface area contributed by atoms with Gasteiger partial charge in [0.2, 0.25) is 0 Å². The molecule has 0 aliphatic carbocycles. The molecule has 0 aromatic heterocycles. The fraction of sp³-hybridized carbons (Fsp3) is 0.188. The number of hydrogen-bond donors (Lipinski definition) is 1. The highest BCUT2D eigenvalue weighted by molar-refractivity contribution is 9.10. The molecule has 0 aliphatic heterocycles. The number of halogens is 2. The van der Waals surface area contributed by atoms with Crippen LogP contribution in [0, 0.1) is 26.6 Å². The topological polar surface area (TPSA) is 29.1 Å². The molecule has 20 heavy (non-hydrogen) atoms. The van der Waals surface area contributed by atoms with Crippen molar-refractivity contribution in [2.24, 2.45) is 0 Å². The van der Waals surface area contributed by atoms with Crippen LogP contribution in [-0.4, -0.2) is 5.91 Å². The van der Waals surface area contributed by atoms with Gasteiger partial charge in [-0.15, -0.1) is 0 Å². The van der Waals surface area contributed by atoms with E-state index in [1.807, 2.05) is 26.0 Å². The summed E-state index contributed by atoms with van der Waals surface area (Å²) in [5.41, 5.74) is 3.93. The summed E-state index contributed by atoms with van der Waals surface area (Å²) >= 11 is 3.12. The van der Waals surface area contributed by atoms with Crippen molar-refractivity contribution in [3.8, 4) is 0 Å². The standard InChI is InChI=1S/C16H15BrFNO/c1-9-4-5-12(10(2)6-9)16(20)19-15-8-13(17)14(18)7-11(15)3/h4-8H,1-3H3,(H,19,20). The molecule has 0 unspecified atom stereocenters. The molecule has 2 rings (SSSR count). The average molecular weight is 336 g/mol. The number of nitrogens with one attached hydrogen (secondary N) is 1. The Kier molecular flexibility index (Phi) is 4.23. The smallest absolute Gasteiger partial charge is 0.255 e. The lowest BCUT2D eigenvalue weighted by molar-refractivity contribution is 0.102. The minimum absolute atomic E-state index is 0.191. The summed E-state index contributed by atoms with van der Waals surface area (Å²) in [5, 5.41) is 2.82. The fourth-order valence-corrected chi connectivity index (χ4v) is 2.38. The average Bonchev–Trinajstić information content (AvgIpc) is 2.35. The summed E-state index contributed by atoms with van der Waals surface area (Å²) in [7, 11) is 0. The maximum Gasteiger partial charge on any atom is 0.255 e. The van der Waals surface area contributed by atoms with Crippen LogP contribution in [0.1, 0.15) is 27.0 Å². The molecule has 2 aromatic rings. The molecule has 0 spiro atoms. The third kappa shape index (κ3) is 3.07. The Labute approximate surface area is 126 Å². The second-order valence-electron chi connectivity index (χ2n) is 4.85. The molecule has 0 aliphatic rings. The first kappa shape index (κ1) is 14.7. The molecule has 0 saturated heterocycles. The van der Waals surface area contributed by atoms with Gasteiger partial charge in [-0.2, -0.15) is 0 Å². The lowest BCUT2D eigenvalue weighted by atomic mass is 10.0. The summed E-state index contributed by atoms with van der Waals surface area (Å²) in [5.74, 6) is -0.531. The van der Waals surface area contributed by atoms with Crippen LogP contribution in [0.4, 0.5) is 10.1 Å². The summed E-state index contributed by atoms with van der Waals surface area (Å²) < 4.78 is 13.7. The molecule has 2 nitrogen and oxygen atoms in total. The van der Waals surface area contributed by atoms with E-state index in [9.17, 15) is 9.18 Å².